The Hall–Kier alpha value is -0.190. The minimum absolute atomic E-state index is 0.955. The van der Waals surface area contributed by atoms with Gasteiger partial charge in [-0.3, -0.25) is 0 Å². The van der Waals surface area contributed by atoms with E-state index in [0.717, 1.165) is 23.4 Å². The second kappa shape index (κ2) is 5.23. The quantitative estimate of drug-likeness (QED) is 0.503. The normalized spacial score (nSPS) is 11.1. The van der Waals surface area contributed by atoms with Crippen LogP contribution in [0.5, 0.6) is 0 Å². The summed E-state index contributed by atoms with van der Waals surface area (Å²) in [6.07, 6.45) is 1.14. The van der Waals surface area contributed by atoms with Crippen LogP contribution in [0.4, 0.5) is 0 Å². The number of nitrogens with zero attached hydrogens (tertiary/aromatic N) is 1. The number of hydrogen-bond acceptors (Lipinski definition) is 4. The lowest BCUT2D eigenvalue weighted by Crippen LogP contribution is -1.79. The zero-order chi connectivity index (χ0) is 10.7. The van der Waals surface area contributed by atoms with Crippen molar-refractivity contribution >= 4 is 45.9 Å². The molecule has 4 heteroatoms. The Labute approximate surface area is 104 Å². The van der Waals surface area contributed by atoms with Crippen molar-refractivity contribution in [3.63, 3.8) is 0 Å². The number of thiazole rings is 1. The van der Waals surface area contributed by atoms with Gasteiger partial charge in [-0.25, -0.2) is 4.98 Å². The first-order valence-electron chi connectivity index (χ1n) is 4.90. The standard InChI is InChI=1S/C11H13NS3/c1-8-3-4-10-9(7-8)12-11(15-10)14-6-2-5-13/h3-4,7,13H,2,5-6H2,1H3. The number of fused-ring (bicyclic) bond motifs is 1. The minimum atomic E-state index is 0.955. The van der Waals surface area contributed by atoms with Crippen molar-refractivity contribution in [2.24, 2.45) is 0 Å². The Balaban J connectivity index is 2.16. The predicted molar refractivity (Wildman–Crippen MR) is 73.6 cm³/mol. The van der Waals surface area contributed by atoms with Crippen LogP contribution in [0.1, 0.15) is 12.0 Å². The maximum absolute atomic E-state index is 4.60. The van der Waals surface area contributed by atoms with Gasteiger partial charge in [0.15, 0.2) is 4.34 Å². The number of aryl methyl sites for hydroxylation is 1. The molecule has 0 aliphatic carbocycles. The number of thiol groups is 1. The van der Waals surface area contributed by atoms with E-state index in [2.05, 4.69) is 42.7 Å². The molecule has 0 radical (unpaired) electrons. The molecular weight excluding hydrogens is 242 g/mol. The SMILES string of the molecule is Cc1ccc2sc(SCCCS)nc2c1. The number of aromatic nitrogens is 1. The average Bonchev–Trinajstić information content (AvgIpc) is 2.60. The fourth-order valence-corrected chi connectivity index (χ4v) is 3.73. The number of benzene rings is 1. The molecule has 0 atom stereocenters. The average molecular weight is 255 g/mol. The van der Waals surface area contributed by atoms with Gasteiger partial charge in [0.2, 0.25) is 0 Å². The van der Waals surface area contributed by atoms with Gasteiger partial charge >= 0.3 is 0 Å². The molecule has 1 heterocycles. The van der Waals surface area contributed by atoms with Gasteiger partial charge in [-0.1, -0.05) is 17.8 Å². The fourth-order valence-electron chi connectivity index (χ4n) is 1.30. The van der Waals surface area contributed by atoms with Gasteiger partial charge in [-0.15, -0.1) is 11.3 Å². The first-order chi connectivity index (χ1) is 7.29. The van der Waals surface area contributed by atoms with Crippen molar-refractivity contribution in [2.45, 2.75) is 17.7 Å². The maximum atomic E-state index is 4.60. The van der Waals surface area contributed by atoms with Gasteiger partial charge in [0, 0.05) is 5.75 Å². The number of rotatable bonds is 4. The van der Waals surface area contributed by atoms with Gasteiger partial charge in [-0.2, -0.15) is 12.6 Å². The van der Waals surface area contributed by atoms with Crippen molar-refractivity contribution in [3.05, 3.63) is 23.8 Å². The second-order valence-electron chi connectivity index (χ2n) is 3.38. The topological polar surface area (TPSA) is 12.9 Å². The van der Waals surface area contributed by atoms with Crippen LogP contribution in [0.25, 0.3) is 10.2 Å². The van der Waals surface area contributed by atoms with Gasteiger partial charge < -0.3 is 0 Å². The molecule has 1 aromatic heterocycles. The highest BCUT2D eigenvalue weighted by Crippen LogP contribution is 2.30. The lowest BCUT2D eigenvalue weighted by atomic mass is 10.2. The van der Waals surface area contributed by atoms with E-state index in [1.54, 1.807) is 11.3 Å². The Bertz CT molecular complexity index is 450. The van der Waals surface area contributed by atoms with Crippen LogP contribution in [-0.4, -0.2) is 16.5 Å². The zero-order valence-corrected chi connectivity index (χ0v) is 11.1. The van der Waals surface area contributed by atoms with Crippen LogP contribution >= 0.6 is 35.7 Å². The summed E-state index contributed by atoms with van der Waals surface area (Å²) in [6.45, 7) is 2.10. The summed E-state index contributed by atoms with van der Waals surface area (Å²) in [6, 6.07) is 6.45. The summed E-state index contributed by atoms with van der Waals surface area (Å²) in [4.78, 5) is 4.60. The van der Waals surface area contributed by atoms with E-state index in [4.69, 9.17) is 0 Å². The molecule has 2 aromatic rings. The summed E-state index contributed by atoms with van der Waals surface area (Å²) >= 11 is 7.82. The van der Waals surface area contributed by atoms with E-state index < -0.39 is 0 Å². The highest BCUT2D eigenvalue weighted by Gasteiger charge is 2.03. The summed E-state index contributed by atoms with van der Waals surface area (Å²) < 4.78 is 2.46. The van der Waals surface area contributed by atoms with E-state index in [1.807, 2.05) is 11.8 Å². The molecule has 0 aliphatic rings. The monoisotopic (exact) mass is 255 g/mol. The van der Waals surface area contributed by atoms with Crippen molar-refractivity contribution in [2.75, 3.05) is 11.5 Å². The Morgan fingerprint density at radius 3 is 3.13 bits per heavy atom. The largest absolute Gasteiger partial charge is 0.230 e. The van der Waals surface area contributed by atoms with Crippen LogP contribution < -0.4 is 0 Å². The second-order valence-corrected chi connectivity index (χ2v) is 6.20. The van der Waals surface area contributed by atoms with Crippen LogP contribution in [0.3, 0.4) is 0 Å². The summed E-state index contributed by atoms with van der Waals surface area (Å²) in [7, 11) is 0. The molecule has 1 nitrogen and oxygen atoms in total. The summed E-state index contributed by atoms with van der Waals surface area (Å²) in [5.41, 5.74) is 2.41. The molecule has 80 valence electrons. The third-order valence-electron chi connectivity index (χ3n) is 2.05. The summed E-state index contributed by atoms with van der Waals surface area (Å²) in [5.74, 6) is 2.07. The summed E-state index contributed by atoms with van der Waals surface area (Å²) in [5, 5.41) is 0. The fraction of sp³-hybridized carbons (Fsp3) is 0.364. The van der Waals surface area contributed by atoms with Crippen LogP contribution in [0.15, 0.2) is 22.5 Å². The third kappa shape index (κ3) is 2.89. The molecule has 0 saturated carbocycles. The molecule has 2 rings (SSSR count). The Morgan fingerprint density at radius 2 is 2.33 bits per heavy atom. The molecule has 0 saturated heterocycles. The van der Waals surface area contributed by atoms with Crippen LogP contribution in [-0.2, 0) is 0 Å². The van der Waals surface area contributed by atoms with Crippen LogP contribution in [0.2, 0.25) is 0 Å². The molecule has 0 spiro atoms. The van der Waals surface area contributed by atoms with Crippen LogP contribution in [0, 0.1) is 6.92 Å². The van der Waals surface area contributed by atoms with Gasteiger partial charge in [0.25, 0.3) is 0 Å². The molecule has 0 fully saturated rings. The van der Waals surface area contributed by atoms with E-state index >= 15 is 0 Å². The molecule has 0 N–H and O–H groups in total. The Kier molecular flexibility index (Phi) is 3.94. The Morgan fingerprint density at radius 1 is 1.47 bits per heavy atom. The molecular formula is C11H13NS3. The van der Waals surface area contributed by atoms with Gasteiger partial charge in [0.05, 0.1) is 10.2 Å². The van der Waals surface area contributed by atoms with Crippen molar-refractivity contribution in [1.82, 2.24) is 4.98 Å². The minimum Gasteiger partial charge on any atom is -0.230 e. The van der Waals surface area contributed by atoms with Crippen molar-refractivity contribution < 1.29 is 0 Å². The van der Waals surface area contributed by atoms with E-state index in [9.17, 15) is 0 Å². The molecule has 1 aromatic carbocycles. The first-order valence-corrected chi connectivity index (χ1v) is 7.34. The number of thioether (sulfide) groups is 1. The zero-order valence-electron chi connectivity index (χ0n) is 8.56. The molecule has 0 aliphatic heterocycles. The van der Waals surface area contributed by atoms with E-state index in [-0.39, 0.29) is 0 Å². The highest BCUT2D eigenvalue weighted by molar-refractivity contribution is 8.01. The first kappa shape index (κ1) is 11.3. The van der Waals surface area contributed by atoms with E-state index in [0.29, 0.717) is 0 Å². The van der Waals surface area contributed by atoms with E-state index in [1.165, 1.54) is 14.6 Å². The van der Waals surface area contributed by atoms with Gasteiger partial charge in [-0.05, 0) is 36.8 Å². The van der Waals surface area contributed by atoms with Crippen molar-refractivity contribution in [1.29, 1.82) is 0 Å². The predicted octanol–water partition coefficient (Wildman–Crippen LogP) is 4.02. The highest BCUT2D eigenvalue weighted by atomic mass is 32.2. The lowest BCUT2D eigenvalue weighted by Gasteiger charge is -1.92. The molecule has 0 amide bonds. The third-order valence-corrected chi connectivity index (χ3v) is 4.63. The lowest BCUT2D eigenvalue weighted by molar-refractivity contribution is 1.12. The molecule has 0 unspecified atom stereocenters. The number of hydrogen-bond donors (Lipinski definition) is 1. The maximum Gasteiger partial charge on any atom is 0.151 e. The smallest absolute Gasteiger partial charge is 0.151 e. The molecule has 15 heavy (non-hydrogen) atoms. The molecule has 0 bridgehead atoms. The van der Waals surface area contributed by atoms with Gasteiger partial charge in [0.1, 0.15) is 0 Å². The van der Waals surface area contributed by atoms with Crippen molar-refractivity contribution in [3.8, 4) is 0 Å².